The van der Waals surface area contributed by atoms with Gasteiger partial charge in [-0.2, -0.15) is 0 Å². The van der Waals surface area contributed by atoms with Gasteiger partial charge in [0.15, 0.2) is 0 Å². The van der Waals surface area contributed by atoms with Crippen LogP contribution in [0.25, 0.3) is 0 Å². The molecule has 1 N–H and O–H groups in total. The summed E-state index contributed by atoms with van der Waals surface area (Å²) in [6, 6.07) is 0. The summed E-state index contributed by atoms with van der Waals surface area (Å²) >= 11 is 0. The van der Waals surface area contributed by atoms with Crippen molar-refractivity contribution < 1.29 is 13.9 Å². The maximum Gasteiger partial charge on any atom is 0.250 e. The Bertz CT molecular complexity index is 67.3. The summed E-state index contributed by atoms with van der Waals surface area (Å²) in [5, 5.41) is 8.19. The fourth-order valence-corrected chi connectivity index (χ4v) is 0.160. The lowest BCUT2D eigenvalue weighted by molar-refractivity contribution is -0.0511. The van der Waals surface area contributed by atoms with Gasteiger partial charge in [-0.15, -0.1) is 0 Å². The van der Waals surface area contributed by atoms with Gasteiger partial charge in [-0.3, -0.25) is 0 Å². The van der Waals surface area contributed by atoms with Crippen LogP contribution in [-0.4, -0.2) is 17.6 Å². The summed E-state index contributed by atoms with van der Waals surface area (Å²) in [6.07, 6.45) is 0. The maximum absolute atomic E-state index is 12.0. The van der Waals surface area contributed by atoms with Crippen molar-refractivity contribution in [2.24, 2.45) is 5.92 Å². The first kappa shape index (κ1) is 7.82. The molecule has 0 aromatic rings. The van der Waals surface area contributed by atoms with Gasteiger partial charge in [0, 0.05) is 5.92 Å². The van der Waals surface area contributed by atoms with Crippen molar-refractivity contribution >= 4 is 0 Å². The number of rotatable bonds is 2. The average Bonchev–Trinajstić information content (AvgIpc) is 1.62. The molecule has 0 aromatic heterocycles. The quantitative estimate of drug-likeness (QED) is 0.587. The fraction of sp³-hybridized carbons (Fsp3) is 1.00. The number of alkyl halides is 2. The van der Waals surface area contributed by atoms with E-state index in [1.165, 1.54) is 6.92 Å². The molecule has 0 bridgehead atoms. The summed E-state index contributed by atoms with van der Waals surface area (Å²) in [6.45, 7) is 1.65. The number of aliphatic hydroxyl groups excluding tert-OH is 1. The Labute approximate surface area is 47.3 Å². The SMILES string of the molecule is CC(CO)C(C)(F)F. The van der Waals surface area contributed by atoms with Gasteiger partial charge >= 0.3 is 0 Å². The number of hydrogen-bond donors (Lipinski definition) is 1. The van der Waals surface area contributed by atoms with Crippen molar-refractivity contribution in [2.45, 2.75) is 19.8 Å². The van der Waals surface area contributed by atoms with Gasteiger partial charge in [0.25, 0.3) is 0 Å². The normalized spacial score (nSPS) is 16.1. The first-order chi connectivity index (χ1) is 3.48. The lowest BCUT2D eigenvalue weighted by Crippen LogP contribution is -2.24. The average molecular weight is 124 g/mol. The van der Waals surface area contributed by atoms with Gasteiger partial charge in [0.2, 0.25) is 5.92 Å². The molecule has 0 aliphatic rings. The second kappa shape index (κ2) is 2.40. The van der Waals surface area contributed by atoms with Crippen LogP contribution in [0.15, 0.2) is 0 Å². The summed E-state index contributed by atoms with van der Waals surface area (Å²) in [5.74, 6) is -3.67. The van der Waals surface area contributed by atoms with Crippen LogP contribution in [0, 0.1) is 5.92 Å². The molecular weight excluding hydrogens is 114 g/mol. The number of hydrogen-bond acceptors (Lipinski definition) is 1. The van der Waals surface area contributed by atoms with E-state index in [1.54, 1.807) is 0 Å². The minimum absolute atomic E-state index is 0.455. The topological polar surface area (TPSA) is 20.2 Å². The van der Waals surface area contributed by atoms with Gasteiger partial charge in [-0.1, -0.05) is 6.92 Å². The van der Waals surface area contributed by atoms with Crippen molar-refractivity contribution in [1.29, 1.82) is 0 Å². The van der Waals surface area contributed by atoms with Crippen LogP contribution in [0.1, 0.15) is 13.8 Å². The summed E-state index contributed by atoms with van der Waals surface area (Å²) in [7, 11) is 0. The molecule has 0 aliphatic heterocycles. The van der Waals surface area contributed by atoms with Crippen LogP contribution in [0.2, 0.25) is 0 Å². The minimum atomic E-state index is -2.74. The molecule has 0 amide bonds. The maximum atomic E-state index is 12.0. The molecule has 8 heavy (non-hydrogen) atoms. The highest BCUT2D eigenvalue weighted by molar-refractivity contribution is 4.65. The van der Waals surface area contributed by atoms with E-state index in [9.17, 15) is 8.78 Å². The van der Waals surface area contributed by atoms with Crippen molar-refractivity contribution in [2.75, 3.05) is 6.61 Å². The molecule has 0 aliphatic carbocycles. The third kappa shape index (κ3) is 2.21. The number of aliphatic hydroxyl groups is 1. The molecule has 0 saturated carbocycles. The zero-order valence-corrected chi connectivity index (χ0v) is 4.99. The zero-order valence-electron chi connectivity index (χ0n) is 4.99. The predicted molar refractivity (Wildman–Crippen MR) is 26.9 cm³/mol. The van der Waals surface area contributed by atoms with Crippen LogP contribution in [0.4, 0.5) is 8.78 Å². The molecule has 0 spiro atoms. The monoisotopic (exact) mass is 124 g/mol. The van der Waals surface area contributed by atoms with E-state index < -0.39 is 18.4 Å². The molecular formula is C5H10F2O. The van der Waals surface area contributed by atoms with Crippen molar-refractivity contribution in [3.05, 3.63) is 0 Å². The Hall–Kier alpha value is -0.180. The van der Waals surface area contributed by atoms with E-state index >= 15 is 0 Å². The molecule has 1 atom stereocenters. The van der Waals surface area contributed by atoms with Gasteiger partial charge in [-0.05, 0) is 6.92 Å². The fourth-order valence-electron chi connectivity index (χ4n) is 0.160. The largest absolute Gasteiger partial charge is 0.396 e. The van der Waals surface area contributed by atoms with Crippen molar-refractivity contribution in [3.8, 4) is 0 Å². The van der Waals surface area contributed by atoms with Crippen LogP contribution in [-0.2, 0) is 0 Å². The van der Waals surface area contributed by atoms with Crippen LogP contribution < -0.4 is 0 Å². The number of halogens is 2. The molecule has 0 fully saturated rings. The molecule has 1 nitrogen and oxygen atoms in total. The first-order valence-corrected chi connectivity index (χ1v) is 2.47. The van der Waals surface area contributed by atoms with E-state index in [0.717, 1.165) is 6.92 Å². The van der Waals surface area contributed by atoms with Gasteiger partial charge < -0.3 is 5.11 Å². The second-order valence-corrected chi connectivity index (χ2v) is 2.04. The van der Waals surface area contributed by atoms with Crippen LogP contribution in [0.3, 0.4) is 0 Å². The summed E-state index contributed by atoms with van der Waals surface area (Å²) in [5.41, 5.74) is 0. The molecule has 1 unspecified atom stereocenters. The summed E-state index contributed by atoms with van der Waals surface area (Å²) in [4.78, 5) is 0. The van der Waals surface area contributed by atoms with E-state index in [-0.39, 0.29) is 0 Å². The molecule has 3 heteroatoms. The van der Waals surface area contributed by atoms with Gasteiger partial charge in [-0.25, -0.2) is 8.78 Å². The molecule has 0 aromatic carbocycles. The Morgan fingerprint density at radius 1 is 1.62 bits per heavy atom. The smallest absolute Gasteiger partial charge is 0.250 e. The third-order valence-corrected chi connectivity index (χ3v) is 1.14. The van der Waals surface area contributed by atoms with E-state index in [1.807, 2.05) is 0 Å². The van der Waals surface area contributed by atoms with E-state index in [2.05, 4.69) is 0 Å². The summed E-state index contributed by atoms with van der Waals surface area (Å²) < 4.78 is 23.9. The Morgan fingerprint density at radius 2 is 2.00 bits per heavy atom. The van der Waals surface area contributed by atoms with Crippen LogP contribution in [0.5, 0.6) is 0 Å². The molecule has 0 radical (unpaired) electrons. The lowest BCUT2D eigenvalue weighted by atomic mass is 10.1. The highest BCUT2D eigenvalue weighted by atomic mass is 19.3. The molecule has 50 valence electrons. The Kier molecular flexibility index (Phi) is 2.34. The first-order valence-electron chi connectivity index (χ1n) is 2.47. The van der Waals surface area contributed by atoms with E-state index in [0.29, 0.717) is 0 Å². The van der Waals surface area contributed by atoms with Crippen molar-refractivity contribution in [3.63, 3.8) is 0 Å². The zero-order chi connectivity index (χ0) is 6.78. The standard InChI is InChI=1S/C5H10F2O/c1-4(3-8)5(2,6)7/h4,8H,3H2,1-2H3. The minimum Gasteiger partial charge on any atom is -0.396 e. The van der Waals surface area contributed by atoms with Crippen LogP contribution >= 0.6 is 0 Å². The molecule has 0 heterocycles. The van der Waals surface area contributed by atoms with Gasteiger partial charge in [0.05, 0.1) is 6.61 Å². The highest BCUT2D eigenvalue weighted by Crippen LogP contribution is 2.21. The molecule has 0 rings (SSSR count). The van der Waals surface area contributed by atoms with E-state index in [4.69, 9.17) is 5.11 Å². The Balaban J connectivity index is 3.62. The predicted octanol–water partition coefficient (Wildman–Crippen LogP) is 1.27. The van der Waals surface area contributed by atoms with Gasteiger partial charge in [0.1, 0.15) is 0 Å². The van der Waals surface area contributed by atoms with Crippen molar-refractivity contribution in [1.82, 2.24) is 0 Å². The Morgan fingerprint density at radius 3 is 2.00 bits per heavy atom. The third-order valence-electron chi connectivity index (χ3n) is 1.14. The molecule has 0 saturated heterocycles. The highest BCUT2D eigenvalue weighted by Gasteiger charge is 2.28. The second-order valence-electron chi connectivity index (χ2n) is 2.04. The lowest BCUT2D eigenvalue weighted by Gasteiger charge is -2.15.